The van der Waals surface area contributed by atoms with Gasteiger partial charge in [-0.25, -0.2) is 4.98 Å². The number of rotatable bonds is 1. The molecule has 0 saturated heterocycles. The van der Waals surface area contributed by atoms with Crippen LogP contribution in [0.1, 0.15) is 24.0 Å². The standard InChI is InChI=1S/C24H16Cl2N2O2S/c1-24-16(19-17(26)10-13(25)11-18(19)30-24)12-31-23-20(24)21(29)15-8-5-9-27-22(15)28(23)14-6-3-2-4-7-14/h2-11,16H,12H2,1H3/t16-,24+/m0/s1. The van der Waals surface area contributed by atoms with E-state index < -0.39 is 5.60 Å². The van der Waals surface area contributed by atoms with E-state index in [1.54, 1.807) is 36.2 Å². The molecule has 4 nitrogen and oxygen atoms in total. The summed E-state index contributed by atoms with van der Waals surface area (Å²) >= 11 is 14.5. The predicted molar refractivity (Wildman–Crippen MR) is 125 cm³/mol. The summed E-state index contributed by atoms with van der Waals surface area (Å²) in [7, 11) is 0. The Hall–Kier alpha value is -2.47. The molecular weight excluding hydrogens is 451 g/mol. The van der Waals surface area contributed by atoms with E-state index in [1.807, 2.05) is 43.3 Å². The number of hydrogen-bond acceptors (Lipinski definition) is 4. The van der Waals surface area contributed by atoms with Crippen LogP contribution in [0.5, 0.6) is 5.75 Å². The van der Waals surface area contributed by atoms with Crippen LogP contribution in [0.25, 0.3) is 16.7 Å². The molecule has 0 bridgehead atoms. The smallest absolute Gasteiger partial charge is 0.199 e. The summed E-state index contributed by atoms with van der Waals surface area (Å²) in [5, 5.41) is 2.52. The molecular formula is C24H16Cl2N2O2S. The average Bonchev–Trinajstić information content (AvgIpc) is 3.06. The summed E-state index contributed by atoms with van der Waals surface area (Å²) in [6.45, 7) is 1.99. The van der Waals surface area contributed by atoms with Crippen LogP contribution in [0, 0.1) is 0 Å². The Morgan fingerprint density at radius 1 is 1.16 bits per heavy atom. The largest absolute Gasteiger partial charge is 0.482 e. The predicted octanol–water partition coefficient (Wildman–Crippen LogP) is 6.19. The molecule has 0 unspecified atom stereocenters. The van der Waals surface area contributed by atoms with E-state index in [2.05, 4.69) is 9.55 Å². The maximum absolute atomic E-state index is 13.8. The first-order valence-electron chi connectivity index (χ1n) is 9.89. The lowest BCUT2D eigenvalue weighted by Gasteiger charge is -2.37. The van der Waals surface area contributed by atoms with E-state index in [9.17, 15) is 4.79 Å². The van der Waals surface area contributed by atoms with Gasteiger partial charge < -0.3 is 4.74 Å². The molecule has 0 radical (unpaired) electrons. The van der Waals surface area contributed by atoms with Crippen molar-refractivity contribution in [1.29, 1.82) is 0 Å². The van der Waals surface area contributed by atoms with Crippen LogP contribution in [0.4, 0.5) is 0 Å². The minimum absolute atomic E-state index is 0.0555. The van der Waals surface area contributed by atoms with Gasteiger partial charge in [0.25, 0.3) is 0 Å². The van der Waals surface area contributed by atoms with Crippen molar-refractivity contribution >= 4 is 46.0 Å². The van der Waals surface area contributed by atoms with Crippen molar-refractivity contribution in [2.75, 3.05) is 5.75 Å². The summed E-state index contributed by atoms with van der Waals surface area (Å²) in [6, 6.07) is 17.1. The van der Waals surface area contributed by atoms with Gasteiger partial charge in [0.1, 0.15) is 17.0 Å². The van der Waals surface area contributed by atoms with Crippen LogP contribution >= 0.6 is 35.0 Å². The van der Waals surface area contributed by atoms with E-state index in [-0.39, 0.29) is 11.3 Å². The molecule has 2 aromatic carbocycles. The van der Waals surface area contributed by atoms with Crippen molar-refractivity contribution < 1.29 is 4.74 Å². The third-order valence-electron chi connectivity index (χ3n) is 6.18. The van der Waals surface area contributed by atoms with Crippen LogP contribution in [-0.4, -0.2) is 15.3 Å². The van der Waals surface area contributed by atoms with Gasteiger partial charge in [0, 0.05) is 39.2 Å². The highest BCUT2D eigenvalue weighted by Gasteiger charge is 2.53. The molecule has 2 aliphatic rings. The summed E-state index contributed by atoms with van der Waals surface area (Å²) in [6.07, 6.45) is 1.72. The Balaban J connectivity index is 1.70. The number of nitrogens with zero attached hydrogens (tertiary/aromatic N) is 2. The molecule has 2 aliphatic heterocycles. The van der Waals surface area contributed by atoms with E-state index in [0.717, 1.165) is 22.0 Å². The van der Waals surface area contributed by atoms with Gasteiger partial charge in [-0.15, -0.1) is 11.8 Å². The molecule has 2 aromatic heterocycles. The van der Waals surface area contributed by atoms with Crippen LogP contribution in [0.3, 0.4) is 0 Å². The zero-order valence-corrected chi connectivity index (χ0v) is 18.8. The van der Waals surface area contributed by atoms with Crippen molar-refractivity contribution in [2.24, 2.45) is 0 Å². The third kappa shape index (κ3) is 2.63. The lowest BCUT2D eigenvalue weighted by Crippen LogP contribution is -2.42. The summed E-state index contributed by atoms with van der Waals surface area (Å²) in [5.74, 6) is 1.31. The van der Waals surface area contributed by atoms with Crippen molar-refractivity contribution in [3.8, 4) is 11.4 Å². The van der Waals surface area contributed by atoms with Crippen LogP contribution in [0.15, 0.2) is 70.6 Å². The van der Waals surface area contributed by atoms with Gasteiger partial charge in [0.05, 0.1) is 16.0 Å². The molecule has 0 aliphatic carbocycles. The quantitative estimate of drug-likeness (QED) is 0.335. The number of halogens is 2. The Bertz CT molecular complexity index is 1440. The van der Waals surface area contributed by atoms with Gasteiger partial charge in [-0.05, 0) is 43.3 Å². The molecule has 0 amide bonds. The zero-order valence-electron chi connectivity index (χ0n) is 16.4. The number of para-hydroxylation sites is 1. The van der Waals surface area contributed by atoms with E-state index in [4.69, 9.17) is 27.9 Å². The monoisotopic (exact) mass is 466 g/mol. The SMILES string of the molecule is C[C@@]12Oc3cc(Cl)cc(Cl)c3[C@@H]1CSc1c2c(=O)c2cccnc2n1-c1ccccc1. The van der Waals surface area contributed by atoms with E-state index >= 15 is 0 Å². The molecule has 4 heterocycles. The number of benzene rings is 2. The minimum atomic E-state index is -0.852. The van der Waals surface area contributed by atoms with E-state index in [1.165, 1.54) is 0 Å². The fourth-order valence-corrected chi connectivity index (χ4v) is 6.95. The maximum atomic E-state index is 13.8. The molecule has 7 heteroatoms. The summed E-state index contributed by atoms with van der Waals surface area (Å²) in [5.41, 5.74) is 2.25. The van der Waals surface area contributed by atoms with Crippen LogP contribution < -0.4 is 10.2 Å². The van der Waals surface area contributed by atoms with Crippen molar-refractivity contribution in [3.63, 3.8) is 0 Å². The van der Waals surface area contributed by atoms with Crippen LogP contribution in [-0.2, 0) is 5.60 Å². The number of fused-ring (bicyclic) bond motifs is 6. The maximum Gasteiger partial charge on any atom is 0.199 e. The second-order valence-corrected chi connectivity index (χ2v) is 9.78. The van der Waals surface area contributed by atoms with Gasteiger partial charge in [-0.3, -0.25) is 9.36 Å². The number of ether oxygens (including phenoxy) is 1. The first-order valence-corrected chi connectivity index (χ1v) is 11.6. The average molecular weight is 467 g/mol. The molecule has 0 N–H and O–H groups in total. The third-order valence-corrected chi connectivity index (χ3v) is 7.87. The second kappa shape index (κ2) is 6.76. The highest BCUT2D eigenvalue weighted by atomic mass is 35.5. The molecule has 6 rings (SSSR count). The fourth-order valence-electron chi connectivity index (χ4n) is 4.77. The number of thioether (sulfide) groups is 1. The summed E-state index contributed by atoms with van der Waals surface area (Å²) in [4.78, 5) is 18.4. The minimum Gasteiger partial charge on any atom is -0.482 e. The first-order chi connectivity index (χ1) is 15.0. The first kappa shape index (κ1) is 19.2. The molecule has 0 spiro atoms. The Morgan fingerprint density at radius 2 is 1.97 bits per heavy atom. The number of aromatic nitrogens is 2. The molecule has 0 fully saturated rings. The second-order valence-electron chi connectivity index (χ2n) is 7.93. The normalized spacial score (nSPS) is 21.3. The van der Waals surface area contributed by atoms with Gasteiger partial charge in [0.15, 0.2) is 5.43 Å². The van der Waals surface area contributed by atoms with Gasteiger partial charge in [-0.2, -0.15) is 0 Å². The van der Waals surface area contributed by atoms with Crippen LogP contribution in [0.2, 0.25) is 10.0 Å². The van der Waals surface area contributed by atoms with E-state index in [0.29, 0.717) is 32.4 Å². The van der Waals surface area contributed by atoms with Crippen molar-refractivity contribution in [1.82, 2.24) is 9.55 Å². The number of pyridine rings is 2. The molecule has 4 aromatic rings. The van der Waals surface area contributed by atoms with Gasteiger partial charge in [-0.1, -0.05) is 41.4 Å². The molecule has 154 valence electrons. The van der Waals surface area contributed by atoms with Gasteiger partial charge in [0.2, 0.25) is 0 Å². The lowest BCUT2D eigenvalue weighted by atomic mass is 9.81. The highest BCUT2D eigenvalue weighted by molar-refractivity contribution is 7.99. The lowest BCUT2D eigenvalue weighted by molar-refractivity contribution is 0.0865. The number of hydrogen-bond donors (Lipinski definition) is 0. The summed E-state index contributed by atoms with van der Waals surface area (Å²) < 4.78 is 8.56. The molecule has 2 atom stereocenters. The Morgan fingerprint density at radius 3 is 2.77 bits per heavy atom. The van der Waals surface area contributed by atoms with Crippen molar-refractivity contribution in [2.45, 2.75) is 23.5 Å². The molecule has 0 saturated carbocycles. The zero-order chi connectivity index (χ0) is 21.3. The van der Waals surface area contributed by atoms with Gasteiger partial charge >= 0.3 is 0 Å². The topological polar surface area (TPSA) is 44.1 Å². The molecule has 31 heavy (non-hydrogen) atoms. The van der Waals surface area contributed by atoms with Crippen molar-refractivity contribution in [3.05, 3.63) is 92.2 Å². The highest BCUT2D eigenvalue weighted by Crippen LogP contribution is 2.58. The fraction of sp³-hybridized carbons (Fsp3) is 0.167. The Kier molecular flexibility index (Phi) is 4.20. The Labute approximate surface area is 192 Å².